The molecule has 7 heteroatoms. The van der Waals surface area contributed by atoms with Gasteiger partial charge in [0.05, 0.1) is 5.69 Å². The van der Waals surface area contributed by atoms with Crippen molar-refractivity contribution in [2.24, 2.45) is 5.84 Å². The predicted molar refractivity (Wildman–Crippen MR) is 91.0 cm³/mol. The van der Waals surface area contributed by atoms with Gasteiger partial charge in [-0.2, -0.15) is 0 Å². The Labute approximate surface area is 136 Å². The summed E-state index contributed by atoms with van der Waals surface area (Å²) in [5.74, 6) is 7.23. The molecule has 2 rings (SSSR count). The normalized spacial score (nSPS) is 10.5. The lowest BCUT2D eigenvalue weighted by molar-refractivity contribution is 0.627. The molecule has 1 aromatic heterocycles. The van der Waals surface area contributed by atoms with Crippen LogP contribution in [-0.4, -0.2) is 9.97 Å². The number of nitrogens with one attached hydrogen (secondary N) is 2. The van der Waals surface area contributed by atoms with Gasteiger partial charge in [-0.3, -0.25) is 0 Å². The maximum absolute atomic E-state index is 13.2. The van der Waals surface area contributed by atoms with Crippen LogP contribution in [0.5, 0.6) is 0 Å². The number of nitrogens with two attached hydrogens (primary N) is 1. The van der Waals surface area contributed by atoms with E-state index < -0.39 is 0 Å². The average molecular weight is 401 g/mol. The van der Waals surface area contributed by atoms with E-state index in [1.165, 1.54) is 12.1 Å². The Hall–Kier alpha value is -1.48. The molecule has 0 aliphatic heterocycles. The molecule has 112 valence electrons. The second-order valence-electron chi connectivity index (χ2n) is 4.61. The van der Waals surface area contributed by atoms with E-state index in [2.05, 4.69) is 50.2 Å². The number of rotatable bonds is 5. The summed E-state index contributed by atoms with van der Waals surface area (Å²) in [6.45, 7) is 3.94. The average Bonchev–Trinajstić information content (AvgIpc) is 2.45. The van der Waals surface area contributed by atoms with Crippen molar-refractivity contribution in [1.29, 1.82) is 0 Å². The number of halogens is 2. The maximum Gasteiger partial charge on any atom is 0.148 e. The topological polar surface area (TPSA) is 75.9 Å². The van der Waals surface area contributed by atoms with Crippen LogP contribution in [0.3, 0.4) is 0 Å². The van der Waals surface area contributed by atoms with E-state index in [0.29, 0.717) is 11.6 Å². The molecule has 0 fully saturated rings. The van der Waals surface area contributed by atoms with Crippen molar-refractivity contribution >= 4 is 39.9 Å². The molecule has 2 aromatic rings. The molecule has 0 radical (unpaired) electrons. The van der Waals surface area contributed by atoms with Crippen LogP contribution in [0.4, 0.5) is 21.7 Å². The molecule has 5 nitrogen and oxygen atoms in total. The molecule has 0 saturated carbocycles. The third kappa shape index (κ3) is 3.79. The zero-order valence-corrected chi connectivity index (χ0v) is 14.0. The number of hydrazine groups is 1. The van der Waals surface area contributed by atoms with Gasteiger partial charge in [0.25, 0.3) is 0 Å². The van der Waals surface area contributed by atoms with Crippen molar-refractivity contribution in [3.63, 3.8) is 0 Å². The third-order valence-electron chi connectivity index (χ3n) is 2.99. The molecule has 0 aliphatic rings. The number of hydrogen-bond acceptors (Lipinski definition) is 5. The molecule has 21 heavy (non-hydrogen) atoms. The zero-order chi connectivity index (χ0) is 15.4. The van der Waals surface area contributed by atoms with Crippen molar-refractivity contribution in [3.05, 3.63) is 39.0 Å². The van der Waals surface area contributed by atoms with Gasteiger partial charge in [0.1, 0.15) is 23.3 Å². The van der Waals surface area contributed by atoms with Gasteiger partial charge in [0.15, 0.2) is 0 Å². The number of benzene rings is 1. The molecule has 0 amide bonds. The Morgan fingerprint density at radius 2 is 2.00 bits per heavy atom. The van der Waals surface area contributed by atoms with Gasteiger partial charge in [-0.15, -0.1) is 0 Å². The molecule has 0 unspecified atom stereocenters. The summed E-state index contributed by atoms with van der Waals surface area (Å²) >= 11 is 2.08. The van der Waals surface area contributed by atoms with E-state index in [1.807, 2.05) is 6.92 Å². The number of nitrogens with zero attached hydrogens (tertiary/aromatic N) is 2. The van der Waals surface area contributed by atoms with Crippen molar-refractivity contribution in [2.45, 2.75) is 26.7 Å². The Morgan fingerprint density at radius 3 is 2.62 bits per heavy atom. The Kier molecular flexibility index (Phi) is 5.29. The minimum absolute atomic E-state index is 0.264. The fourth-order valence-electron chi connectivity index (χ4n) is 1.88. The molecule has 1 aromatic carbocycles. The van der Waals surface area contributed by atoms with Gasteiger partial charge >= 0.3 is 0 Å². The summed E-state index contributed by atoms with van der Waals surface area (Å²) in [7, 11) is 0. The molecule has 0 saturated heterocycles. The van der Waals surface area contributed by atoms with E-state index in [1.54, 1.807) is 6.07 Å². The SMILES string of the molecule is CCCc1nc(NN)c(C)c(Nc2ccc(F)cc2I)n1. The van der Waals surface area contributed by atoms with Gasteiger partial charge in [-0.25, -0.2) is 20.2 Å². The van der Waals surface area contributed by atoms with Gasteiger partial charge in [-0.1, -0.05) is 6.92 Å². The van der Waals surface area contributed by atoms with Gasteiger partial charge in [0.2, 0.25) is 0 Å². The van der Waals surface area contributed by atoms with Crippen LogP contribution >= 0.6 is 22.6 Å². The first-order valence-corrected chi connectivity index (χ1v) is 7.69. The van der Waals surface area contributed by atoms with Crippen LogP contribution in [0.25, 0.3) is 0 Å². The highest BCUT2D eigenvalue weighted by Gasteiger charge is 2.11. The van der Waals surface area contributed by atoms with E-state index in [4.69, 9.17) is 5.84 Å². The van der Waals surface area contributed by atoms with Crippen molar-refractivity contribution < 1.29 is 4.39 Å². The maximum atomic E-state index is 13.2. The first-order chi connectivity index (χ1) is 10.0. The van der Waals surface area contributed by atoms with E-state index >= 15 is 0 Å². The fourth-order valence-corrected chi connectivity index (χ4v) is 2.49. The molecular formula is C14H17FIN5. The van der Waals surface area contributed by atoms with Gasteiger partial charge < -0.3 is 10.7 Å². The summed E-state index contributed by atoms with van der Waals surface area (Å²) in [4.78, 5) is 8.88. The summed E-state index contributed by atoms with van der Waals surface area (Å²) in [5, 5.41) is 3.22. The fraction of sp³-hybridized carbons (Fsp3) is 0.286. The van der Waals surface area contributed by atoms with E-state index in [-0.39, 0.29) is 5.82 Å². The second kappa shape index (κ2) is 6.99. The molecule has 0 spiro atoms. The summed E-state index contributed by atoms with van der Waals surface area (Å²) in [6, 6.07) is 4.57. The smallest absolute Gasteiger partial charge is 0.148 e. The van der Waals surface area contributed by atoms with Crippen LogP contribution < -0.4 is 16.6 Å². The summed E-state index contributed by atoms with van der Waals surface area (Å²) in [6.07, 6.45) is 1.71. The van der Waals surface area contributed by atoms with Crippen molar-refractivity contribution in [3.8, 4) is 0 Å². The van der Waals surface area contributed by atoms with Crippen LogP contribution in [-0.2, 0) is 6.42 Å². The molecule has 0 aliphatic carbocycles. The number of nitrogen functional groups attached to an aromatic ring is 1. The van der Waals surface area contributed by atoms with Crippen LogP contribution in [0.2, 0.25) is 0 Å². The first-order valence-electron chi connectivity index (χ1n) is 6.61. The largest absolute Gasteiger partial charge is 0.339 e. The lowest BCUT2D eigenvalue weighted by Crippen LogP contribution is -2.14. The van der Waals surface area contributed by atoms with Crippen molar-refractivity contribution in [2.75, 3.05) is 10.7 Å². The highest BCUT2D eigenvalue weighted by molar-refractivity contribution is 14.1. The third-order valence-corrected chi connectivity index (χ3v) is 3.88. The number of aromatic nitrogens is 2. The van der Waals surface area contributed by atoms with Gasteiger partial charge in [-0.05, 0) is 54.1 Å². The highest BCUT2D eigenvalue weighted by atomic mass is 127. The lowest BCUT2D eigenvalue weighted by Gasteiger charge is -2.14. The summed E-state index contributed by atoms with van der Waals surface area (Å²) < 4.78 is 13.9. The minimum Gasteiger partial charge on any atom is -0.339 e. The Morgan fingerprint density at radius 1 is 1.29 bits per heavy atom. The van der Waals surface area contributed by atoms with E-state index in [0.717, 1.165) is 33.5 Å². The highest BCUT2D eigenvalue weighted by Crippen LogP contribution is 2.26. The number of hydrogen-bond donors (Lipinski definition) is 3. The van der Waals surface area contributed by atoms with Crippen LogP contribution in [0.1, 0.15) is 24.7 Å². The lowest BCUT2D eigenvalue weighted by atomic mass is 10.2. The molecule has 0 bridgehead atoms. The predicted octanol–water partition coefficient (Wildman–Crippen LogP) is 3.51. The molecule has 4 N–H and O–H groups in total. The molecule has 0 atom stereocenters. The summed E-state index contributed by atoms with van der Waals surface area (Å²) in [5.41, 5.74) is 4.20. The van der Waals surface area contributed by atoms with Crippen LogP contribution in [0, 0.1) is 16.3 Å². The van der Waals surface area contributed by atoms with E-state index in [9.17, 15) is 4.39 Å². The molecule has 1 heterocycles. The Balaban J connectivity index is 2.40. The van der Waals surface area contributed by atoms with Gasteiger partial charge in [0, 0.05) is 15.6 Å². The first kappa shape index (κ1) is 15.9. The monoisotopic (exact) mass is 401 g/mol. The number of aryl methyl sites for hydroxylation is 1. The second-order valence-corrected chi connectivity index (χ2v) is 5.77. The molecular weight excluding hydrogens is 384 g/mol. The van der Waals surface area contributed by atoms with Crippen LogP contribution in [0.15, 0.2) is 18.2 Å². The number of anilines is 3. The standard InChI is InChI=1S/C14H17FIN5/c1-3-4-12-19-13(8(2)14(20-12)21-17)18-11-6-5-9(15)7-10(11)16/h5-7H,3-4,17H2,1-2H3,(H2,18,19,20,21). The minimum atomic E-state index is -0.264. The zero-order valence-electron chi connectivity index (χ0n) is 11.9. The quantitative estimate of drug-likeness (QED) is 0.406. The Bertz CT molecular complexity index is 648. The van der Waals surface area contributed by atoms with Crippen molar-refractivity contribution in [1.82, 2.24) is 9.97 Å².